The first-order chi connectivity index (χ1) is 9.13. The zero-order valence-corrected chi connectivity index (χ0v) is 12.0. The summed E-state index contributed by atoms with van der Waals surface area (Å²) in [6.07, 6.45) is 0. The van der Waals surface area contributed by atoms with Crippen LogP contribution >= 0.6 is 23.4 Å². The van der Waals surface area contributed by atoms with Gasteiger partial charge in [0, 0.05) is 10.8 Å². The molecule has 0 bridgehead atoms. The molecule has 0 radical (unpaired) electrons. The van der Waals surface area contributed by atoms with E-state index in [0.717, 1.165) is 11.3 Å². The van der Waals surface area contributed by atoms with E-state index in [0.29, 0.717) is 21.9 Å². The predicted molar refractivity (Wildman–Crippen MR) is 75.6 cm³/mol. The fourth-order valence-electron chi connectivity index (χ4n) is 1.22. The van der Waals surface area contributed by atoms with Gasteiger partial charge >= 0.3 is 0 Å². The molecule has 0 saturated carbocycles. The minimum Gasteiger partial charge on any atom is -0.484 e. The van der Waals surface area contributed by atoms with Crippen molar-refractivity contribution >= 4 is 23.4 Å². The van der Waals surface area contributed by atoms with Gasteiger partial charge < -0.3 is 9.15 Å². The van der Waals surface area contributed by atoms with Crippen molar-refractivity contribution in [1.29, 1.82) is 0 Å². The minimum absolute atomic E-state index is 0.238. The predicted octanol–water partition coefficient (Wildman–Crippen LogP) is 3.97. The second-order valence-corrected chi connectivity index (χ2v) is 5.31. The standard InChI is InChI=1S/C13H13ClN2O2S/c1-9(2)8-19-13-16-15-12(18-13)7-17-11-5-3-10(14)4-6-11/h3-6H,1,7-8H2,2H3. The van der Waals surface area contributed by atoms with Crippen LogP contribution in [0.2, 0.25) is 5.02 Å². The Morgan fingerprint density at radius 3 is 2.79 bits per heavy atom. The van der Waals surface area contributed by atoms with E-state index in [9.17, 15) is 0 Å². The Kier molecular flexibility index (Phi) is 4.87. The van der Waals surface area contributed by atoms with Crippen LogP contribution in [0.4, 0.5) is 0 Å². The lowest BCUT2D eigenvalue weighted by atomic mass is 10.3. The van der Waals surface area contributed by atoms with Gasteiger partial charge in [-0.3, -0.25) is 0 Å². The topological polar surface area (TPSA) is 48.2 Å². The molecular formula is C13H13ClN2O2S. The van der Waals surface area contributed by atoms with Gasteiger partial charge in [-0.2, -0.15) is 0 Å². The van der Waals surface area contributed by atoms with Crippen LogP contribution in [-0.4, -0.2) is 16.0 Å². The molecule has 2 rings (SSSR count). The van der Waals surface area contributed by atoms with Crippen LogP contribution in [0.5, 0.6) is 5.75 Å². The van der Waals surface area contributed by atoms with Crippen molar-refractivity contribution in [2.45, 2.75) is 18.8 Å². The van der Waals surface area contributed by atoms with Gasteiger partial charge in [-0.25, -0.2) is 0 Å². The first-order valence-electron chi connectivity index (χ1n) is 5.61. The van der Waals surface area contributed by atoms with Crippen molar-refractivity contribution in [1.82, 2.24) is 10.2 Å². The molecule has 1 heterocycles. The smallest absolute Gasteiger partial charge is 0.277 e. The summed E-state index contributed by atoms with van der Waals surface area (Å²) in [5.41, 5.74) is 1.06. The molecule has 0 spiro atoms. The second-order valence-electron chi connectivity index (χ2n) is 3.95. The maximum Gasteiger partial charge on any atom is 0.277 e. The lowest BCUT2D eigenvalue weighted by Crippen LogP contribution is -1.95. The van der Waals surface area contributed by atoms with Crippen LogP contribution in [0, 0.1) is 0 Å². The Morgan fingerprint density at radius 2 is 2.11 bits per heavy atom. The summed E-state index contributed by atoms with van der Waals surface area (Å²) >= 11 is 7.25. The average Bonchev–Trinajstić information content (AvgIpc) is 2.84. The van der Waals surface area contributed by atoms with Crippen LogP contribution in [0.25, 0.3) is 0 Å². The first kappa shape index (κ1) is 14.0. The summed E-state index contributed by atoms with van der Waals surface area (Å²) < 4.78 is 10.9. The van der Waals surface area contributed by atoms with Crippen molar-refractivity contribution in [3.05, 3.63) is 47.3 Å². The van der Waals surface area contributed by atoms with Crippen molar-refractivity contribution < 1.29 is 9.15 Å². The van der Waals surface area contributed by atoms with Crippen LogP contribution in [0.15, 0.2) is 46.1 Å². The highest BCUT2D eigenvalue weighted by molar-refractivity contribution is 7.99. The maximum absolute atomic E-state index is 5.79. The fraction of sp³-hybridized carbons (Fsp3) is 0.231. The van der Waals surface area contributed by atoms with Gasteiger partial charge in [0.1, 0.15) is 5.75 Å². The molecule has 0 saturated heterocycles. The van der Waals surface area contributed by atoms with Gasteiger partial charge in [-0.05, 0) is 31.2 Å². The van der Waals surface area contributed by atoms with E-state index in [-0.39, 0.29) is 6.61 Å². The molecule has 0 aliphatic rings. The molecule has 0 aliphatic carbocycles. The number of halogens is 1. The molecule has 0 aliphatic heterocycles. The Hall–Kier alpha value is -1.46. The van der Waals surface area contributed by atoms with E-state index in [1.807, 2.05) is 6.92 Å². The minimum atomic E-state index is 0.238. The van der Waals surface area contributed by atoms with Gasteiger partial charge in [-0.15, -0.1) is 10.2 Å². The highest BCUT2D eigenvalue weighted by atomic mass is 35.5. The van der Waals surface area contributed by atoms with E-state index in [2.05, 4.69) is 16.8 Å². The Labute approximate surface area is 120 Å². The van der Waals surface area contributed by atoms with E-state index in [1.165, 1.54) is 11.8 Å². The van der Waals surface area contributed by atoms with E-state index in [1.54, 1.807) is 24.3 Å². The molecule has 1 aromatic heterocycles. The van der Waals surface area contributed by atoms with Crippen molar-refractivity contribution in [2.75, 3.05) is 5.75 Å². The molecule has 19 heavy (non-hydrogen) atoms. The molecule has 0 atom stereocenters. The summed E-state index contributed by atoms with van der Waals surface area (Å²) in [5, 5.41) is 9.02. The lowest BCUT2D eigenvalue weighted by Gasteiger charge is -2.02. The van der Waals surface area contributed by atoms with Gasteiger partial charge in [0.25, 0.3) is 11.1 Å². The summed E-state index contributed by atoms with van der Waals surface area (Å²) in [7, 11) is 0. The highest BCUT2D eigenvalue weighted by Crippen LogP contribution is 2.20. The summed E-state index contributed by atoms with van der Waals surface area (Å²) in [6, 6.07) is 7.10. The number of ether oxygens (including phenoxy) is 1. The lowest BCUT2D eigenvalue weighted by molar-refractivity contribution is 0.252. The Bertz CT molecular complexity index is 554. The first-order valence-corrected chi connectivity index (χ1v) is 6.98. The third-order valence-electron chi connectivity index (χ3n) is 2.07. The molecule has 6 heteroatoms. The molecule has 100 valence electrons. The number of benzene rings is 1. The molecule has 2 aromatic rings. The quantitative estimate of drug-likeness (QED) is 0.596. The molecule has 1 aromatic carbocycles. The summed E-state index contributed by atoms with van der Waals surface area (Å²) in [5.74, 6) is 1.91. The SMILES string of the molecule is C=C(C)CSc1nnc(COc2ccc(Cl)cc2)o1. The monoisotopic (exact) mass is 296 g/mol. The number of nitrogens with zero attached hydrogens (tertiary/aromatic N) is 2. The zero-order valence-electron chi connectivity index (χ0n) is 10.4. The third kappa shape index (κ3) is 4.61. The number of aromatic nitrogens is 2. The summed E-state index contributed by atoms with van der Waals surface area (Å²) in [6.45, 7) is 6.00. The largest absolute Gasteiger partial charge is 0.484 e. The number of rotatable bonds is 6. The van der Waals surface area contributed by atoms with Crippen LogP contribution < -0.4 is 4.74 Å². The van der Waals surface area contributed by atoms with Crippen molar-refractivity contribution in [3.63, 3.8) is 0 Å². The molecular weight excluding hydrogens is 284 g/mol. The zero-order chi connectivity index (χ0) is 13.7. The molecule has 0 fully saturated rings. The third-order valence-corrected chi connectivity index (χ3v) is 3.37. The van der Waals surface area contributed by atoms with Gasteiger partial charge in [0.15, 0.2) is 6.61 Å². The van der Waals surface area contributed by atoms with Crippen molar-refractivity contribution in [3.8, 4) is 5.75 Å². The molecule has 0 unspecified atom stereocenters. The second kappa shape index (κ2) is 6.63. The Balaban J connectivity index is 1.86. The fourth-order valence-corrected chi connectivity index (χ4v) is 1.97. The van der Waals surface area contributed by atoms with Crippen molar-refractivity contribution in [2.24, 2.45) is 0 Å². The molecule has 0 N–H and O–H groups in total. The van der Waals surface area contributed by atoms with Gasteiger partial charge in [0.05, 0.1) is 0 Å². The van der Waals surface area contributed by atoms with Gasteiger partial charge in [0.2, 0.25) is 0 Å². The number of hydrogen-bond donors (Lipinski definition) is 0. The molecule has 4 nitrogen and oxygen atoms in total. The van der Waals surface area contributed by atoms with Crippen LogP contribution in [0.3, 0.4) is 0 Å². The Morgan fingerprint density at radius 1 is 1.37 bits per heavy atom. The molecule has 0 amide bonds. The number of hydrogen-bond acceptors (Lipinski definition) is 5. The van der Waals surface area contributed by atoms with E-state index < -0.39 is 0 Å². The maximum atomic E-state index is 5.79. The number of thioether (sulfide) groups is 1. The average molecular weight is 297 g/mol. The van der Waals surface area contributed by atoms with E-state index >= 15 is 0 Å². The highest BCUT2D eigenvalue weighted by Gasteiger charge is 2.07. The normalized spacial score (nSPS) is 10.4. The van der Waals surface area contributed by atoms with Crippen LogP contribution in [-0.2, 0) is 6.61 Å². The summed E-state index contributed by atoms with van der Waals surface area (Å²) in [4.78, 5) is 0. The van der Waals surface area contributed by atoms with Crippen LogP contribution in [0.1, 0.15) is 12.8 Å². The van der Waals surface area contributed by atoms with Gasteiger partial charge in [-0.1, -0.05) is 35.5 Å². The van der Waals surface area contributed by atoms with E-state index in [4.69, 9.17) is 20.8 Å².